The van der Waals surface area contributed by atoms with Crippen molar-refractivity contribution in [1.29, 1.82) is 0 Å². The molecule has 0 aliphatic heterocycles. The third-order valence-electron chi connectivity index (χ3n) is 9.54. The third-order valence-corrected chi connectivity index (χ3v) is 9.54. The number of carbonyl (C=O) groups is 3. The van der Waals surface area contributed by atoms with E-state index < -0.39 is 6.10 Å². The van der Waals surface area contributed by atoms with Gasteiger partial charge in [0.05, 0.1) is 0 Å². The lowest BCUT2D eigenvalue weighted by molar-refractivity contribution is -0.166. The summed E-state index contributed by atoms with van der Waals surface area (Å²) in [5, 5.41) is 0. The van der Waals surface area contributed by atoms with E-state index in [9.17, 15) is 14.4 Å². The van der Waals surface area contributed by atoms with Gasteiger partial charge in [0.2, 0.25) is 0 Å². The lowest BCUT2D eigenvalue weighted by atomic mass is 10.1. The number of unbranched alkanes of at least 4 members (excludes halogenated alkanes) is 12. The Morgan fingerprint density at radius 3 is 1.12 bits per heavy atom. The Morgan fingerprint density at radius 1 is 0.350 bits per heavy atom. The Hall–Kier alpha value is -3.93. The zero-order valence-corrected chi connectivity index (χ0v) is 38.4. The Balaban J connectivity index is 4.53. The highest BCUT2D eigenvalue weighted by Crippen LogP contribution is 2.13. The summed E-state index contributed by atoms with van der Waals surface area (Å²) < 4.78 is 16.6. The molecular formula is C54H86O6. The molecule has 1 unspecified atom stereocenters. The van der Waals surface area contributed by atoms with E-state index in [1.165, 1.54) is 44.9 Å². The van der Waals surface area contributed by atoms with E-state index in [-0.39, 0.29) is 44.0 Å². The number of esters is 3. The van der Waals surface area contributed by atoms with Crippen LogP contribution in [0.2, 0.25) is 0 Å². The fraction of sp³-hybridized carbons (Fsp3) is 0.611. The van der Waals surface area contributed by atoms with Crippen LogP contribution in [0.15, 0.2) is 109 Å². The number of rotatable bonds is 41. The van der Waals surface area contributed by atoms with Gasteiger partial charge in [-0.1, -0.05) is 194 Å². The van der Waals surface area contributed by atoms with Crippen molar-refractivity contribution in [2.75, 3.05) is 13.2 Å². The summed E-state index contributed by atoms with van der Waals surface area (Å²) in [6.45, 7) is 6.28. The van der Waals surface area contributed by atoms with E-state index >= 15 is 0 Å². The van der Waals surface area contributed by atoms with Crippen molar-refractivity contribution in [3.05, 3.63) is 109 Å². The molecule has 0 aromatic carbocycles. The van der Waals surface area contributed by atoms with Gasteiger partial charge in [-0.05, 0) is 89.9 Å². The normalized spacial score (nSPS) is 13.1. The molecule has 0 amide bonds. The minimum Gasteiger partial charge on any atom is -0.462 e. The van der Waals surface area contributed by atoms with Crippen LogP contribution in [0.5, 0.6) is 0 Å². The molecule has 0 fully saturated rings. The first-order valence-electron chi connectivity index (χ1n) is 23.9. The molecule has 0 aromatic rings. The van der Waals surface area contributed by atoms with Gasteiger partial charge in [-0.25, -0.2) is 0 Å². The van der Waals surface area contributed by atoms with Crippen molar-refractivity contribution in [2.45, 2.75) is 200 Å². The summed E-state index contributed by atoms with van der Waals surface area (Å²) in [5.41, 5.74) is 0. The van der Waals surface area contributed by atoms with E-state index in [4.69, 9.17) is 14.2 Å². The smallest absolute Gasteiger partial charge is 0.306 e. The van der Waals surface area contributed by atoms with Crippen LogP contribution in [0.1, 0.15) is 194 Å². The Labute approximate surface area is 368 Å². The van der Waals surface area contributed by atoms with E-state index in [1.54, 1.807) is 0 Å². The number of allylic oxidation sites excluding steroid dienone is 18. The summed E-state index contributed by atoms with van der Waals surface area (Å²) >= 11 is 0. The number of hydrogen-bond acceptors (Lipinski definition) is 6. The summed E-state index contributed by atoms with van der Waals surface area (Å²) in [5.74, 6) is -1.04. The number of carbonyl (C=O) groups excluding carboxylic acids is 3. The van der Waals surface area contributed by atoms with Crippen LogP contribution in [0.25, 0.3) is 0 Å². The fourth-order valence-corrected chi connectivity index (χ4v) is 6.01. The van der Waals surface area contributed by atoms with Gasteiger partial charge in [-0.15, -0.1) is 0 Å². The maximum atomic E-state index is 12.7. The van der Waals surface area contributed by atoms with Crippen molar-refractivity contribution in [3.8, 4) is 0 Å². The zero-order valence-electron chi connectivity index (χ0n) is 38.4. The molecule has 6 nitrogen and oxygen atoms in total. The molecule has 0 aromatic heterocycles. The van der Waals surface area contributed by atoms with Gasteiger partial charge in [-0.3, -0.25) is 14.4 Å². The molecule has 0 radical (unpaired) electrons. The molecule has 338 valence electrons. The van der Waals surface area contributed by atoms with Crippen LogP contribution >= 0.6 is 0 Å². The van der Waals surface area contributed by atoms with Crippen molar-refractivity contribution in [2.24, 2.45) is 0 Å². The second kappa shape index (κ2) is 47.7. The minimum absolute atomic E-state index is 0.114. The lowest BCUT2D eigenvalue weighted by Crippen LogP contribution is -2.30. The van der Waals surface area contributed by atoms with Crippen LogP contribution in [-0.4, -0.2) is 37.2 Å². The van der Waals surface area contributed by atoms with E-state index in [0.717, 1.165) is 96.3 Å². The maximum absolute atomic E-state index is 12.7. The minimum atomic E-state index is -0.822. The second-order valence-electron chi connectivity index (χ2n) is 15.3. The van der Waals surface area contributed by atoms with Gasteiger partial charge in [0.25, 0.3) is 0 Å². The van der Waals surface area contributed by atoms with Crippen molar-refractivity contribution >= 4 is 17.9 Å². The predicted molar refractivity (Wildman–Crippen MR) is 256 cm³/mol. The van der Waals surface area contributed by atoms with E-state index in [2.05, 4.69) is 118 Å². The number of ether oxygens (including phenoxy) is 3. The quantitative estimate of drug-likeness (QED) is 0.0264. The molecule has 0 rings (SSSR count). The van der Waals surface area contributed by atoms with Gasteiger partial charge >= 0.3 is 17.9 Å². The van der Waals surface area contributed by atoms with Crippen molar-refractivity contribution in [1.82, 2.24) is 0 Å². The molecule has 0 N–H and O–H groups in total. The summed E-state index contributed by atoms with van der Waals surface area (Å²) in [6.07, 6.45) is 63.7. The van der Waals surface area contributed by atoms with Gasteiger partial charge < -0.3 is 14.2 Å². The molecule has 60 heavy (non-hydrogen) atoms. The highest BCUT2D eigenvalue weighted by atomic mass is 16.6. The molecular weight excluding hydrogens is 745 g/mol. The summed E-state index contributed by atoms with van der Waals surface area (Å²) in [7, 11) is 0. The number of hydrogen-bond donors (Lipinski definition) is 0. The highest BCUT2D eigenvalue weighted by Gasteiger charge is 2.19. The molecule has 6 heteroatoms. The van der Waals surface area contributed by atoms with E-state index in [0.29, 0.717) is 19.3 Å². The zero-order chi connectivity index (χ0) is 43.7. The van der Waals surface area contributed by atoms with E-state index in [1.807, 2.05) is 12.2 Å². The van der Waals surface area contributed by atoms with Gasteiger partial charge in [-0.2, -0.15) is 0 Å². The molecule has 0 saturated heterocycles. The Kier molecular flexibility index (Phi) is 44.6. The van der Waals surface area contributed by atoms with Gasteiger partial charge in [0, 0.05) is 19.3 Å². The molecule has 0 aliphatic rings. The fourth-order valence-electron chi connectivity index (χ4n) is 6.01. The van der Waals surface area contributed by atoms with Crippen LogP contribution in [-0.2, 0) is 28.6 Å². The Bertz CT molecular complexity index is 1280. The third kappa shape index (κ3) is 45.2. The largest absolute Gasteiger partial charge is 0.462 e. The SMILES string of the molecule is CC/C=C\C/C=C\C/C=C\C/C=C\C/C=C\C/C=C\CCC(=O)OCC(COC(=O)CCCCCCCCCCCC)OC(=O)CCCCC/C=C\C/C=C\C/C=C\CC. The monoisotopic (exact) mass is 831 g/mol. The van der Waals surface area contributed by atoms with Crippen LogP contribution in [0.4, 0.5) is 0 Å². The molecule has 0 spiro atoms. The first-order chi connectivity index (χ1) is 29.5. The standard InChI is InChI=1S/C54H86O6/c1-4-7-10-13-16-19-22-24-25-26-27-28-29-31-32-35-38-41-44-47-53(56)59-50-51(49-58-52(55)46-43-40-37-34-21-18-15-12-9-6-3)60-54(57)48-45-42-39-36-33-30-23-20-17-14-11-8-5-2/h7-8,10-11,16-17,19-20,24-25,27-28,30-33,38,41,51H,4-6,9,12-15,18,21-23,26,29,34-37,39-40,42-50H2,1-3H3/b10-7-,11-8-,19-16-,20-17-,25-24-,28-27-,32-31-,33-30-,41-38-. The second-order valence-corrected chi connectivity index (χ2v) is 15.3. The average molecular weight is 831 g/mol. The molecule has 0 aliphatic carbocycles. The molecule has 0 heterocycles. The molecule has 0 bridgehead atoms. The predicted octanol–water partition coefficient (Wildman–Crippen LogP) is 15.6. The van der Waals surface area contributed by atoms with Gasteiger partial charge in [0.15, 0.2) is 6.10 Å². The van der Waals surface area contributed by atoms with Crippen molar-refractivity contribution in [3.63, 3.8) is 0 Å². The maximum Gasteiger partial charge on any atom is 0.306 e. The highest BCUT2D eigenvalue weighted by molar-refractivity contribution is 5.71. The summed E-state index contributed by atoms with van der Waals surface area (Å²) in [4.78, 5) is 37.8. The van der Waals surface area contributed by atoms with Crippen LogP contribution in [0, 0.1) is 0 Å². The van der Waals surface area contributed by atoms with Crippen LogP contribution in [0.3, 0.4) is 0 Å². The molecule has 0 saturated carbocycles. The first-order valence-corrected chi connectivity index (χ1v) is 23.9. The van der Waals surface area contributed by atoms with Crippen LogP contribution < -0.4 is 0 Å². The lowest BCUT2D eigenvalue weighted by Gasteiger charge is -2.18. The average Bonchev–Trinajstić information content (AvgIpc) is 3.24. The van der Waals surface area contributed by atoms with Gasteiger partial charge in [0.1, 0.15) is 13.2 Å². The topological polar surface area (TPSA) is 78.9 Å². The molecule has 1 atom stereocenters. The van der Waals surface area contributed by atoms with Crippen molar-refractivity contribution < 1.29 is 28.6 Å². The summed E-state index contributed by atoms with van der Waals surface area (Å²) in [6, 6.07) is 0. The first kappa shape index (κ1) is 56.1. The Morgan fingerprint density at radius 2 is 0.683 bits per heavy atom.